The maximum atomic E-state index is 12.4. The molecule has 1 aliphatic rings. The lowest BCUT2D eigenvalue weighted by molar-refractivity contribution is -0.135. The molecule has 1 amide bonds. The van der Waals surface area contributed by atoms with Crippen LogP contribution in [0.1, 0.15) is 12.8 Å². The van der Waals surface area contributed by atoms with Crippen molar-refractivity contribution in [2.45, 2.75) is 37.6 Å². The van der Waals surface area contributed by atoms with Crippen LogP contribution in [0.25, 0.3) is 10.9 Å². The molecular formula is C16H19N3O4. The third-order valence-corrected chi connectivity index (χ3v) is 4.47. The standard InChI is InChI=1S/C16H19N3O4/c1-18(12-6-7-13(20)15(12)22)14(21)8-19-9-17-11-5-3-2-4-10(11)16(19)23/h2-5,9,12-13,15,20,22H,6-8H2,1H3/t12-,13-,15-/m1/s1. The third-order valence-electron chi connectivity index (χ3n) is 4.47. The number of likely N-dealkylation sites (N-methyl/N-ethyl adjacent to an activating group) is 1. The second-order valence-electron chi connectivity index (χ2n) is 5.90. The van der Waals surface area contributed by atoms with Gasteiger partial charge in [0.25, 0.3) is 5.56 Å². The summed E-state index contributed by atoms with van der Waals surface area (Å²) in [6, 6.07) is 6.53. The Morgan fingerprint density at radius 3 is 2.78 bits per heavy atom. The summed E-state index contributed by atoms with van der Waals surface area (Å²) < 4.78 is 1.26. The van der Waals surface area contributed by atoms with Gasteiger partial charge in [0, 0.05) is 7.05 Å². The first-order chi connectivity index (χ1) is 11.0. The number of aromatic nitrogens is 2. The number of para-hydroxylation sites is 1. The molecule has 23 heavy (non-hydrogen) atoms. The van der Waals surface area contributed by atoms with Gasteiger partial charge in [0.05, 0.1) is 29.4 Å². The SMILES string of the molecule is CN(C(=O)Cn1cnc2ccccc2c1=O)[C@@H]1CC[C@@H](O)[C@@H]1O. The zero-order valence-corrected chi connectivity index (χ0v) is 12.8. The van der Waals surface area contributed by atoms with E-state index in [2.05, 4.69) is 4.98 Å². The monoisotopic (exact) mass is 317 g/mol. The number of amides is 1. The second-order valence-corrected chi connectivity index (χ2v) is 5.90. The minimum absolute atomic E-state index is 0.146. The molecule has 3 rings (SSSR count). The Hall–Kier alpha value is -2.25. The zero-order valence-electron chi connectivity index (χ0n) is 12.8. The van der Waals surface area contributed by atoms with Gasteiger partial charge in [0.2, 0.25) is 5.91 Å². The molecule has 0 saturated heterocycles. The Kier molecular flexibility index (Phi) is 4.14. The molecular weight excluding hydrogens is 298 g/mol. The van der Waals surface area contributed by atoms with Crippen molar-refractivity contribution in [2.24, 2.45) is 0 Å². The van der Waals surface area contributed by atoms with Crippen LogP contribution >= 0.6 is 0 Å². The maximum absolute atomic E-state index is 12.4. The molecule has 2 N–H and O–H groups in total. The van der Waals surface area contributed by atoms with E-state index in [4.69, 9.17) is 0 Å². The Labute approximate surface area is 132 Å². The quantitative estimate of drug-likeness (QED) is 0.813. The Bertz CT molecular complexity index is 788. The molecule has 0 spiro atoms. The molecule has 0 aliphatic heterocycles. The number of nitrogens with zero attached hydrogens (tertiary/aromatic N) is 3. The lowest BCUT2D eigenvalue weighted by Gasteiger charge is -2.28. The fourth-order valence-electron chi connectivity index (χ4n) is 3.02. The topological polar surface area (TPSA) is 95.7 Å². The van der Waals surface area contributed by atoms with Gasteiger partial charge in [0.1, 0.15) is 12.6 Å². The first-order valence-corrected chi connectivity index (χ1v) is 7.55. The zero-order chi connectivity index (χ0) is 16.6. The molecule has 0 radical (unpaired) electrons. The molecule has 2 aromatic rings. The minimum Gasteiger partial charge on any atom is -0.390 e. The normalized spacial score (nSPS) is 24.0. The summed E-state index contributed by atoms with van der Waals surface area (Å²) in [4.78, 5) is 30.4. The molecule has 1 fully saturated rings. The summed E-state index contributed by atoms with van der Waals surface area (Å²) in [6.45, 7) is -0.146. The molecule has 122 valence electrons. The highest BCUT2D eigenvalue weighted by Gasteiger charge is 2.37. The highest BCUT2D eigenvalue weighted by Crippen LogP contribution is 2.24. The van der Waals surface area contributed by atoms with Gasteiger partial charge in [-0.1, -0.05) is 12.1 Å². The van der Waals surface area contributed by atoms with E-state index in [1.54, 1.807) is 31.3 Å². The lowest BCUT2D eigenvalue weighted by Crippen LogP contribution is -2.46. The average molecular weight is 317 g/mol. The van der Waals surface area contributed by atoms with Crippen molar-refractivity contribution in [3.63, 3.8) is 0 Å². The van der Waals surface area contributed by atoms with Crippen molar-refractivity contribution in [2.75, 3.05) is 7.05 Å². The summed E-state index contributed by atoms with van der Waals surface area (Å²) in [7, 11) is 1.58. The smallest absolute Gasteiger partial charge is 0.261 e. The van der Waals surface area contributed by atoms with E-state index >= 15 is 0 Å². The van der Waals surface area contributed by atoms with Crippen LogP contribution in [0.2, 0.25) is 0 Å². The summed E-state index contributed by atoms with van der Waals surface area (Å²) in [6.07, 6.45) is 0.600. The first-order valence-electron chi connectivity index (χ1n) is 7.55. The molecule has 1 aromatic heterocycles. The Morgan fingerprint density at radius 1 is 1.35 bits per heavy atom. The maximum Gasteiger partial charge on any atom is 0.261 e. The predicted octanol–water partition coefficient (Wildman–Crippen LogP) is -0.261. The molecule has 7 heteroatoms. The molecule has 0 unspecified atom stereocenters. The number of hydrogen-bond donors (Lipinski definition) is 2. The van der Waals surface area contributed by atoms with Crippen LogP contribution in [0.3, 0.4) is 0 Å². The van der Waals surface area contributed by atoms with Crippen molar-refractivity contribution >= 4 is 16.8 Å². The Morgan fingerprint density at radius 2 is 2.09 bits per heavy atom. The third kappa shape index (κ3) is 2.85. The van der Waals surface area contributed by atoms with E-state index in [0.29, 0.717) is 23.7 Å². The highest BCUT2D eigenvalue weighted by molar-refractivity contribution is 5.79. The van der Waals surface area contributed by atoms with Gasteiger partial charge in [-0.15, -0.1) is 0 Å². The van der Waals surface area contributed by atoms with Gasteiger partial charge in [-0.2, -0.15) is 0 Å². The number of aliphatic hydroxyl groups excluding tert-OH is 2. The van der Waals surface area contributed by atoms with E-state index in [1.807, 2.05) is 0 Å². The van der Waals surface area contributed by atoms with Gasteiger partial charge in [-0.3, -0.25) is 14.2 Å². The van der Waals surface area contributed by atoms with Gasteiger partial charge < -0.3 is 15.1 Å². The van der Waals surface area contributed by atoms with Crippen molar-refractivity contribution in [3.05, 3.63) is 40.9 Å². The largest absolute Gasteiger partial charge is 0.390 e. The van der Waals surface area contributed by atoms with Crippen LogP contribution in [-0.2, 0) is 11.3 Å². The van der Waals surface area contributed by atoms with Crippen molar-refractivity contribution in [1.29, 1.82) is 0 Å². The first kappa shape index (κ1) is 15.6. The lowest BCUT2D eigenvalue weighted by atomic mass is 10.2. The van der Waals surface area contributed by atoms with Crippen LogP contribution in [-0.4, -0.2) is 55.9 Å². The van der Waals surface area contributed by atoms with Crippen molar-refractivity contribution < 1.29 is 15.0 Å². The number of benzene rings is 1. The molecule has 1 heterocycles. The number of hydrogen-bond acceptors (Lipinski definition) is 5. The summed E-state index contributed by atoms with van der Waals surface area (Å²) in [5, 5.41) is 20.0. The van der Waals surface area contributed by atoms with E-state index in [-0.39, 0.29) is 18.0 Å². The second kappa shape index (κ2) is 6.10. The fraction of sp³-hybridized carbons (Fsp3) is 0.438. The van der Waals surface area contributed by atoms with Crippen molar-refractivity contribution in [3.8, 4) is 0 Å². The van der Waals surface area contributed by atoms with Crippen LogP contribution in [0.5, 0.6) is 0 Å². The summed E-state index contributed by atoms with van der Waals surface area (Å²) in [5.74, 6) is -0.303. The van der Waals surface area contributed by atoms with Crippen molar-refractivity contribution in [1.82, 2.24) is 14.5 Å². The molecule has 1 aromatic carbocycles. The van der Waals surface area contributed by atoms with Crippen LogP contribution in [0, 0.1) is 0 Å². The molecule has 7 nitrogen and oxygen atoms in total. The molecule has 1 saturated carbocycles. The minimum atomic E-state index is -0.949. The summed E-state index contributed by atoms with van der Waals surface area (Å²) in [5.41, 5.74) is 0.313. The molecule has 3 atom stereocenters. The Balaban J connectivity index is 1.80. The average Bonchev–Trinajstić information content (AvgIpc) is 2.89. The van der Waals surface area contributed by atoms with Gasteiger partial charge >= 0.3 is 0 Å². The van der Waals surface area contributed by atoms with Gasteiger partial charge in [-0.25, -0.2) is 4.98 Å². The number of carbonyl (C=O) groups is 1. The van der Waals surface area contributed by atoms with E-state index in [1.165, 1.54) is 15.8 Å². The number of aliphatic hydroxyl groups is 2. The van der Waals surface area contributed by atoms with Crippen LogP contribution < -0.4 is 5.56 Å². The predicted molar refractivity (Wildman–Crippen MR) is 83.8 cm³/mol. The number of fused-ring (bicyclic) bond motifs is 1. The number of rotatable bonds is 3. The fourth-order valence-corrected chi connectivity index (χ4v) is 3.02. The van der Waals surface area contributed by atoms with Gasteiger partial charge in [-0.05, 0) is 25.0 Å². The number of carbonyl (C=O) groups excluding carboxylic acids is 1. The summed E-state index contributed by atoms with van der Waals surface area (Å²) >= 11 is 0. The highest BCUT2D eigenvalue weighted by atomic mass is 16.3. The van der Waals surface area contributed by atoms with Crippen LogP contribution in [0.15, 0.2) is 35.4 Å². The van der Waals surface area contributed by atoms with Gasteiger partial charge in [0.15, 0.2) is 0 Å². The molecule has 1 aliphatic carbocycles. The van der Waals surface area contributed by atoms with E-state index < -0.39 is 18.2 Å². The molecule has 0 bridgehead atoms. The van der Waals surface area contributed by atoms with Crippen LogP contribution in [0.4, 0.5) is 0 Å². The van der Waals surface area contributed by atoms with E-state index in [9.17, 15) is 19.8 Å². The van der Waals surface area contributed by atoms with E-state index in [0.717, 1.165) is 0 Å².